The van der Waals surface area contributed by atoms with Crippen LogP contribution in [0.15, 0.2) is 42.5 Å². The van der Waals surface area contributed by atoms with Crippen molar-refractivity contribution in [2.24, 2.45) is 5.92 Å². The lowest BCUT2D eigenvalue weighted by molar-refractivity contribution is 0.0373. The standard InChI is InChI=1S/C24H31FN4O6S/c1-15-12-29(16(2)14-30)23(31)19-6-5-7-20(27-36(4,33)34)22(19)35-21(15)13-28(3)24(32)26-18-10-8-17(25)9-11-18/h5-11,15-16,21,27,30H,12-14H2,1-4H3,(H,26,32)/t15-,16-,21+/m1/s1. The molecule has 2 aromatic rings. The van der Waals surface area contributed by atoms with Gasteiger partial charge in [0, 0.05) is 25.2 Å². The Labute approximate surface area is 210 Å². The molecule has 2 aromatic carbocycles. The summed E-state index contributed by atoms with van der Waals surface area (Å²) in [6.45, 7) is 3.62. The van der Waals surface area contributed by atoms with Crippen LogP contribution >= 0.6 is 0 Å². The van der Waals surface area contributed by atoms with E-state index in [-0.39, 0.29) is 42.6 Å². The van der Waals surface area contributed by atoms with E-state index in [1.54, 1.807) is 14.0 Å². The van der Waals surface area contributed by atoms with Crippen molar-refractivity contribution in [1.29, 1.82) is 0 Å². The maximum atomic E-state index is 13.4. The minimum absolute atomic E-state index is 0.0481. The fraction of sp³-hybridized carbons (Fsp3) is 0.417. The molecule has 3 amide bonds. The van der Waals surface area contributed by atoms with Gasteiger partial charge in [0.25, 0.3) is 5.91 Å². The van der Waals surface area contributed by atoms with Crippen molar-refractivity contribution < 1.29 is 32.2 Å². The number of hydrogen-bond acceptors (Lipinski definition) is 6. The molecule has 1 aliphatic heterocycles. The third kappa shape index (κ3) is 6.64. The number of fused-ring (bicyclic) bond motifs is 1. The van der Waals surface area contributed by atoms with E-state index in [1.807, 2.05) is 6.92 Å². The van der Waals surface area contributed by atoms with Gasteiger partial charge < -0.3 is 25.0 Å². The first-order valence-electron chi connectivity index (χ1n) is 11.4. The lowest BCUT2D eigenvalue weighted by Gasteiger charge is -2.38. The number of amides is 3. The molecule has 10 nitrogen and oxygen atoms in total. The first-order valence-corrected chi connectivity index (χ1v) is 13.3. The Bertz CT molecular complexity index is 1210. The molecule has 3 rings (SSSR count). The minimum Gasteiger partial charge on any atom is -0.485 e. The Hall–Kier alpha value is -3.38. The Morgan fingerprint density at radius 3 is 2.56 bits per heavy atom. The van der Waals surface area contributed by atoms with Crippen LogP contribution < -0.4 is 14.8 Å². The number of benzene rings is 2. The average Bonchev–Trinajstić information content (AvgIpc) is 2.81. The van der Waals surface area contributed by atoms with Crippen molar-refractivity contribution in [1.82, 2.24) is 9.80 Å². The van der Waals surface area contributed by atoms with Crippen molar-refractivity contribution in [3.05, 3.63) is 53.8 Å². The molecule has 0 aliphatic carbocycles. The molecule has 1 aliphatic rings. The van der Waals surface area contributed by atoms with Crippen LogP contribution in [0.2, 0.25) is 0 Å². The fourth-order valence-corrected chi connectivity index (χ4v) is 4.41. The second kappa shape index (κ2) is 11.1. The number of halogens is 1. The number of carbonyl (C=O) groups is 2. The molecular weight excluding hydrogens is 491 g/mol. The number of para-hydroxylation sites is 1. The molecule has 3 N–H and O–H groups in total. The summed E-state index contributed by atoms with van der Waals surface area (Å²) in [6, 6.07) is 8.94. The van der Waals surface area contributed by atoms with Crippen molar-refractivity contribution in [3.8, 4) is 5.75 Å². The van der Waals surface area contributed by atoms with Gasteiger partial charge in [-0.2, -0.15) is 0 Å². The molecule has 36 heavy (non-hydrogen) atoms. The second-order valence-corrected chi connectivity index (χ2v) is 10.7. The molecule has 0 saturated carbocycles. The molecule has 3 atom stereocenters. The Morgan fingerprint density at radius 1 is 1.28 bits per heavy atom. The van der Waals surface area contributed by atoms with E-state index in [0.717, 1.165) is 6.26 Å². The van der Waals surface area contributed by atoms with Crippen molar-refractivity contribution in [3.63, 3.8) is 0 Å². The summed E-state index contributed by atoms with van der Waals surface area (Å²) in [6.07, 6.45) is 0.349. The van der Waals surface area contributed by atoms with E-state index < -0.39 is 39.9 Å². The van der Waals surface area contributed by atoms with Gasteiger partial charge in [0.15, 0.2) is 5.75 Å². The number of nitrogens with zero attached hydrogens (tertiary/aromatic N) is 2. The Kier molecular flexibility index (Phi) is 8.41. The van der Waals surface area contributed by atoms with E-state index in [0.29, 0.717) is 5.69 Å². The van der Waals surface area contributed by atoms with Gasteiger partial charge in [-0.05, 0) is 43.3 Å². The number of rotatable bonds is 7. The summed E-state index contributed by atoms with van der Waals surface area (Å²) in [5.74, 6) is -1.08. The van der Waals surface area contributed by atoms with E-state index >= 15 is 0 Å². The van der Waals surface area contributed by atoms with Crippen LogP contribution in [0.25, 0.3) is 0 Å². The number of ether oxygens (including phenoxy) is 1. The lowest BCUT2D eigenvalue weighted by atomic mass is 9.99. The zero-order valence-electron chi connectivity index (χ0n) is 20.6. The number of likely N-dealkylation sites (N-methyl/N-ethyl adjacent to an activating group) is 1. The molecule has 0 radical (unpaired) electrons. The lowest BCUT2D eigenvalue weighted by Crippen LogP contribution is -2.50. The zero-order valence-corrected chi connectivity index (χ0v) is 21.4. The number of hydrogen-bond donors (Lipinski definition) is 3. The van der Waals surface area contributed by atoms with E-state index in [1.165, 1.54) is 52.3 Å². The first-order chi connectivity index (χ1) is 16.9. The molecular formula is C24H31FN4O6S. The molecule has 0 aromatic heterocycles. The summed E-state index contributed by atoms with van der Waals surface area (Å²) in [5, 5.41) is 12.4. The van der Waals surface area contributed by atoms with Crippen LogP contribution in [0.4, 0.5) is 20.6 Å². The van der Waals surface area contributed by atoms with Gasteiger partial charge in [0.2, 0.25) is 10.0 Å². The minimum atomic E-state index is -3.68. The number of aliphatic hydroxyl groups excluding tert-OH is 1. The van der Waals surface area contributed by atoms with Gasteiger partial charge in [-0.25, -0.2) is 17.6 Å². The third-order valence-corrected chi connectivity index (χ3v) is 6.47. The van der Waals surface area contributed by atoms with Crippen molar-refractivity contribution in [2.45, 2.75) is 26.0 Å². The van der Waals surface area contributed by atoms with Crippen molar-refractivity contribution >= 4 is 33.3 Å². The van der Waals surface area contributed by atoms with Gasteiger partial charge in [-0.15, -0.1) is 0 Å². The largest absolute Gasteiger partial charge is 0.485 e. The van der Waals surface area contributed by atoms with Gasteiger partial charge in [0.05, 0.1) is 36.7 Å². The third-order valence-electron chi connectivity index (χ3n) is 5.88. The second-order valence-electron chi connectivity index (χ2n) is 9.00. The van der Waals surface area contributed by atoms with Crippen molar-refractivity contribution in [2.75, 3.05) is 43.0 Å². The SMILES string of the molecule is C[C@@H]1CN([C@H](C)CO)C(=O)c2cccc(NS(C)(=O)=O)c2O[C@H]1CN(C)C(=O)Nc1ccc(F)cc1. The van der Waals surface area contributed by atoms with Gasteiger partial charge in [0.1, 0.15) is 11.9 Å². The monoisotopic (exact) mass is 522 g/mol. The summed E-state index contributed by atoms with van der Waals surface area (Å²) in [4.78, 5) is 29.1. The summed E-state index contributed by atoms with van der Waals surface area (Å²) in [5.41, 5.74) is 0.648. The van der Waals surface area contributed by atoms with Gasteiger partial charge in [-0.1, -0.05) is 13.0 Å². The van der Waals surface area contributed by atoms with Crippen LogP contribution in [0.1, 0.15) is 24.2 Å². The Morgan fingerprint density at radius 2 is 1.94 bits per heavy atom. The van der Waals surface area contributed by atoms with Crippen LogP contribution in [0.5, 0.6) is 5.75 Å². The predicted molar refractivity (Wildman–Crippen MR) is 134 cm³/mol. The van der Waals surface area contributed by atoms with Gasteiger partial charge >= 0.3 is 6.03 Å². The molecule has 0 bridgehead atoms. The molecule has 0 spiro atoms. The summed E-state index contributed by atoms with van der Waals surface area (Å²) < 4.78 is 45.7. The van der Waals surface area contributed by atoms with Crippen LogP contribution in [-0.4, -0.2) is 80.4 Å². The van der Waals surface area contributed by atoms with E-state index in [4.69, 9.17) is 4.74 Å². The highest BCUT2D eigenvalue weighted by Gasteiger charge is 2.35. The van der Waals surface area contributed by atoms with Crippen LogP contribution in [0, 0.1) is 11.7 Å². The number of nitrogens with one attached hydrogen (secondary N) is 2. The molecule has 0 unspecified atom stereocenters. The molecule has 0 fully saturated rings. The molecule has 12 heteroatoms. The highest BCUT2D eigenvalue weighted by Crippen LogP contribution is 2.35. The maximum Gasteiger partial charge on any atom is 0.321 e. The smallest absolute Gasteiger partial charge is 0.321 e. The number of anilines is 2. The van der Waals surface area contributed by atoms with Gasteiger partial charge in [-0.3, -0.25) is 9.52 Å². The zero-order chi connectivity index (χ0) is 26.6. The first kappa shape index (κ1) is 27.2. The number of urea groups is 1. The number of aliphatic hydroxyl groups is 1. The topological polar surface area (TPSA) is 128 Å². The quantitative estimate of drug-likeness (QED) is 0.513. The maximum absolute atomic E-state index is 13.4. The highest BCUT2D eigenvalue weighted by atomic mass is 32.2. The average molecular weight is 523 g/mol. The normalized spacial score (nSPS) is 18.8. The predicted octanol–water partition coefficient (Wildman–Crippen LogP) is 2.58. The van der Waals surface area contributed by atoms with Crippen LogP contribution in [0.3, 0.4) is 0 Å². The Balaban J connectivity index is 1.93. The molecule has 196 valence electrons. The van der Waals surface area contributed by atoms with Crippen LogP contribution in [-0.2, 0) is 10.0 Å². The number of sulfonamides is 1. The fourth-order valence-electron chi connectivity index (χ4n) is 3.85. The summed E-state index contributed by atoms with van der Waals surface area (Å²) in [7, 11) is -2.12. The summed E-state index contributed by atoms with van der Waals surface area (Å²) >= 11 is 0. The molecule has 1 heterocycles. The van der Waals surface area contributed by atoms with E-state index in [9.17, 15) is 27.5 Å². The number of carbonyl (C=O) groups excluding carboxylic acids is 2. The van der Waals surface area contributed by atoms with E-state index in [2.05, 4.69) is 10.0 Å². The highest BCUT2D eigenvalue weighted by molar-refractivity contribution is 7.92. The molecule has 0 saturated heterocycles.